The van der Waals surface area contributed by atoms with Crippen molar-refractivity contribution in [3.8, 4) is 0 Å². The second kappa shape index (κ2) is 4.06. The summed E-state index contributed by atoms with van der Waals surface area (Å²) in [7, 11) is 0. The predicted octanol–water partition coefficient (Wildman–Crippen LogP) is 2.50. The van der Waals surface area contributed by atoms with Crippen molar-refractivity contribution in [2.24, 2.45) is 0 Å². The second-order valence-corrected chi connectivity index (χ2v) is 4.85. The zero-order valence-electron chi connectivity index (χ0n) is 9.52. The lowest BCUT2D eigenvalue weighted by Gasteiger charge is -2.30. The van der Waals surface area contributed by atoms with E-state index in [2.05, 4.69) is 35.2 Å². The van der Waals surface area contributed by atoms with Crippen molar-refractivity contribution in [3.63, 3.8) is 0 Å². The summed E-state index contributed by atoms with van der Waals surface area (Å²) in [4.78, 5) is 2.57. The van der Waals surface area contributed by atoms with Crippen LogP contribution in [0.1, 0.15) is 17.5 Å². The van der Waals surface area contributed by atoms with Gasteiger partial charge in [-0.25, -0.2) is 0 Å². The molecule has 0 atom stereocenters. The van der Waals surface area contributed by atoms with Crippen molar-refractivity contribution >= 4 is 0 Å². The molecule has 0 saturated carbocycles. The Hall–Kier alpha value is -1.08. The van der Waals surface area contributed by atoms with Crippen molar-refractivity contribution in [2.75, 3.05) is 13.1 Å². The van der Waals surface area contributed by atoms with Crippen LogP contribution in [0.5, 0.6) is 0 Å². The molecule has 0 amide bonds. The minimum absolute atomic E-state index is 0.696. The fourth-order valence-corrected chi connectivity index (χ4v) is 2.83. The summed E-state index contributed by atoms with van der Waals surface area (Å²) in [5, 5.41) is 0. The van der Waals surface area contributed by atoms with Gasteiger partial charge in [0.15, 0.2) is 0 Å². The molecule has 2 aliphatic rings. The monoisotopic (exact) mass is 211 g/mol. The normalized spacial score (nSPS) is 21.9. The lowest BCUT2D eigenvalue weighted by atomic mass is 10.1. The topological polar surface area (TPSA) is 3.24 Å². The molecule has 2 radical (unpaired) electrons. The van der Waals surface area contributed by atoms with E-state index in [-0.39, 0.29) is 0 Å². The van der Waals surface area contributed by atoms with Gasteiger partial charge < -0.3 is 0 Å². The molecule has 16 heavy (non-hydrogen) atoms. The standard InChI is InChI=1S/C15H17N/c1-12-6-8-16(9-7-12)15-10-13-4-2-3-5-14(13)11-15/h1-6,15H,7-11H2. The minimum Gasteiger partial charge on any atom is -0.296 e. The molecule has 1 heteroatoms. The molecule has 1 aliphatic carbocycles. The molecule has 0 N–H and O–H groups in total. The van der Waals surface area contributed by atoms with Crippen LogP contribution in [-0.2, 0) is 12.8 Å². The summed E-state index contributed by atoms with van der Waals surface area (Å²) in [6.45, 7) is 7.97. The van der Waals surface area contributed by atoms with E-state index in [0.717, 1.165) is 25.1 Å². The summed E-state index contributed by atoms with van der Waals surface area (Å²) >= 11 is 0. The first-order chi connectivity index (χ1) is 7.83. The number of hydrogen-bond donors (Lipinski definition) is 0. The summed E-state index contributed by atoms with van der Waals surface area (Å²) in [6.07, 6.45) is 5.63. The molecule has 0 bridgehead atoms. The predicted molar refractivity (Wildman–Crippen MR) is 66.2 cm³/mol. The van der Waals surface area contributed by atoms with E-state index >= 15 is 0 Å². The zero-order valence-corrected chi connectivity index (χ0v) is 9.52. The quantitative estimate of drug-likeness (QED) is 0.690. The van der Waals surface area contributed by atoms with Gasteiger partial charge in [0.25, 0.3) is 0 Å². The highest BCUT2D eigenvalue weighted by Gasteiger charge is 2.26. The van der Waals surface area contributed by atoms with E-state index in [1.165, 1.54) is 24.0 Å². The second-order valence-electron chi connectivity index (χ2n) is 4.85. The molecular weight excluding hydrogens is 194 g/mol. The zero-order chi connectivity index (χ0) is 11.0. The summed E-state index contributed by atoms with van der Waals surface area (Å²) < 4.78 is 0. The van der Waals surface area contributed by atoms with Gasteiger partial charge in [0.1, 0.15) is 0 Å². The molecule has 0 unspecified atom stereocenters. The molecule has 1 nitrogen and oxygen atoms in total. The van der Waals surface area contributed by atoms with Crippen LogP contribution in [0.4, 0.5) is 0 Å². The van der Waals surface area contributed by atoms with Crippen molar-refractivity contribution in [1.82, 2.24) is 4.90 Å². The van der Waals surface area contributed by atoms with Crippen molar-refractivity contribution in [3.05, 3.63) is 54.0 Å². The van der Waals surface area contributed by atoms with Gasteiger partial charge in [0.2, 0.25) is 0 Å². The van der Waals surface area contributed by atoms with E-state index in [9.17, 15) is 0 Å². The first kappa shape index (κ1) is 10.1. The maximum Gasteiger partial charge on any atom is 0.0180 e. The van der Waals surface area contributed by atoms with E-state index < -0.39 is 0 Å². The van der Waals surface area contributed by atoms with Gasteiger partial charge in [-0.05, 0) is 37.3 Å². The van der Waals surface area contributed by atoms with Crippen LogP contribution in [0.25, 0.3) is 0 Å². The molecule has 82 valence electrons. The molecule has 1 heterocycles. The number of rotatable bonds is 1. The summed E-state index contributed by atoms with van der Waals surface area (Å²) in [5.74, 6) is 0. The van der Waals surface area contributed by atoms with Gasteiger partial charge in [-0.15, -0.1) is 0 Å². The molecule has 0 saturated heterocycles. The van der Waals surface area contributed by atoms with Crippen LogP contribution in [0.2, 0.25) is 0 Å². The molecular formula is C15H17N. The highest BCUT2D eigenvalue weighted by atomic mass is 15.2. The third kappa shape index (κ3) is 1.80. The molecule has 1 aromatic rings. The highest BCUT2D eigenvalue weighted by molar-refractivity contribution is 5.33. The van der Waals surface area contributed by atoms with Gasteiger partial charge in [-0.2, -0.15) is 0 Å². The molecule has 0 spiro atoms. The maximum atomic E-state index is 5.81. The minimum atomic E-state index is 0.696. The number of benzene rings is 1. The largest absolute Gasteiger partial charge is 0.296 e. The Balaban J connectivity index is 1.72. The Labute approximate surface area is 97.8 Å². The van der Waals surface area contributed by atoms with Gasteiger partial charge in [-0.1, -0.05) is 35.9 Å². The molecule has 3 rings (SSSR count). The van der Waals surface area contributed by atoms with E-state index in [1.807, 2.05) is 0 Å². The highest BCUT2D eigenvalue weighted by Crippen LogP contribution is 2.26. The fraction of sp³-hybridized carbons (Fsp3) is 0.400. The van der Waals surface area contributed by atoms with Gasteiger partial charge >= 0.3 is 0 Å². The lowest BCUT2D eigenvalue weighted by molar-refractivity contribution is 0.218. The van der Waals surface area contributed by atoms with Crippen LogP contribution in [0, 0.1) is 6.92 Å². The van der Waals surface area contributed by atoms with E-state index in [1.54, 1.807) is 0 Å². The number of hydrogen-bond acceptors (Lipinski definition) is 1. The van der Waals surface area contributed by atoms with Gasteiger partial charge in [0, 0.05) is 19.1 Å². The Bertz CT molecular complexity index is 394. The molecule has 1 aliphatic heterocycles. The van der Waals surface area contributed by atoms with Crippen molar-refractivity contribution in [2.45, 2.75) is 25.3 Å². The molecule has 1 aromatic carbocycles. The third-order valence-corrected chi connectivity index (χ3v) is 3.82. The average molecular weight is 211 g/mol. The Morgan fingerprint density at radius 3 is 2.38 bits per heavy atom. The van der Waals surface area contributed by atoms with Crippen molar-refractivity contribution < 1.29 is 0 Å². The first-order valence-electron chi connectivity index (χ1n) is 6.08. The van der Waals surface area contributed by atoms with Gasteiger partial charge in [0.05, 0.1) is 0 Å². The maximum absolute atomic E-state index is 5.81. The third-order valence-electron chi connectivity index (χ3n) is 3.82. The fourth-order valence-electron chi connectivity index (χ4n) is 2.83. The molecule has 0 fully saturated rings. The van der Waals surface area contributed by atoms with Crippen molar-refractivity contribution in [1.29, 1.82) is 0 Å². The average Bonchev–Trinajstić information content (AvgIpc) is 2.73. The smallest absolute Gasteiger partial charge is 0.0180 e. The first-order valence-corrected chi connectivity index (χ1v) is 6.08. The summed E-state index contributed by atoms with van der Waals surface area (Å²) in [6, 6.07) is 9.53. The van der Waals surface area contributed by atoms with Crippen LogP contribution < -0.4 is 0 Å². The van der Waals surface area contributed by atoms with Crippen LogP contribution >= 0.6 is 0 Å². The Morgan fingerprint density at radius 1 is 1.12 bits per heavy atom. The van der Waals surface area contributed by atoms with E-state index in [0.29, 0.717) is 6.04 Å². The van der Waals surface area contributed by atoms with E-state index in [4.69, 9.17) is 6.92 Å². The van der Waals surface area contributed by atoms with Crippen LogP contribution in [0.3, 0.4) is 0 Å². The number of fused-ring (bicyclic) bond motifs is 1. The lowest BCUT2D eigenvalue weighted by Crippen LogP contribution is -2.38. The van der Waals surface area contributed by atoms with Gasteiger partial charge in [-0.3, -0.25) is 4.90 Å². The Kier molecular flexibility index (Phi) is 2.56. The SMILES string of the molecule is [CH]C1=CCN(C2Cc3ccccc3C2)CC1. The summed E-state index contributed by atoms with van der Waals surface area (Å²) in [5.41, 5.74) is 4.14. The molecule has 0 aromatic heterocycles. The number of nitrogens with zero attached hydrogens (tertiary/aromatic N) is 1. The van der Waals surface area contributed by atoms with Crippen LogP contribution in [-0.4, -0.2) is 24.0 Å². The van der Waals surface area contributed by atoms with Crippen LogP contribution in [0.15, 0.2) is 35.9 Å². The Morgan fingerprint density at radius 2 is 1.81 bits per heavy atom.